The van der Waals surface area contributed by atoms with Crippen LogP contribution in [0.2, 0.25) is 0 Å². The number of carbonyl (C=O) groups is 1. The molecule has 0 aromatic carbocycles. The van der Waals surface area contributed by atoms with Crippen LogP contribution >= 0.6 is 0 Å². The van der Waals surface area contributed by atoms with Crippen LogP contribution in [0, 0.1) is 5.92 Å². The number of primary amides is 1. The number of rotatable bonds is 2. The molecule has 0 fully saturated rings. The third kappa shape index (κ3) is 67.0. The van der Waals surface area contributed by atoms with Crippen molar-refractivity contribution in [2.75, 3.05) is 0 Å². The van der Waals surface area contributed by atoms with Gasteiger partial charge in [0.25, 0.3) is 0 Å². The predicted molar refractivity (Wildman–Crippen MR) is 40.0 cm³/mol. The van der Waals surface area contributed by atoms with Crippen molar-refractivity contribution in [1.29, 1.82) is 0 Å². The average Bonchev–Trinajstić information content (AvgIpc) is 1.62. The first-order valence-corrected chi connectivity index (χ1v) is 3.11. The molecule has 11 heavy (non-hydrogen) atoms. The van der Waals surface area contributed by atoms with Crippen LogP contribution in [0.3, 0.4) is 0 Å². The standard InChI is InChI=1S/C6H12O.CH2NO.Fm/c1-5(2)4-6(3)7;2-1-3;/h5H,4H2,1-3H3;(H2,2,3);/q;-1;. The topological polar surface area (TPSA) is 60.2 Å². The zero-order valence-corrected chi connectivity index (χ0v) is 9.37. The van der Waals surface area contributed by atoms with Crippen molar-refractivity contribution >= 4 is 12.2 Å². The molecule has 72 valence electrons. The van der Waals surface area contributed by atoms with Crippen LogP contribution in [-0.4, -0.2) is 12.2 Å². The summed E-state index contributed by atoms with van der Waals surface area (Å²) in [5, 5.41) is 0. The first kappa shape index (κ1) is 16.1. The molecule has 0 bridgehead atoms. The van der Waals surface area contributed by atoms with Gasteiger partial charge in [0.05, 0.1) is 0 Å². The second kappa shape index (κ2) is 11.0. The van der Waals surface area contributed by atoms with Gasteiger partial charge in [-0.25, -0.2) is 0 Å². The molecule has 4 heteroatoms. The number of nitrogens with two attached hydrogens (primary N) is 1. The summed E-state index contributed by atoms with van der Waals surface area (Å²) in [6.07, 6.45) is 1.72. The van der Waals surface area contributed by atoms with E-state index in [0.717, 1.165) is 12.8 Å². The molecule has 0 aliphatic carbocycles. The normalized spacial score (nSPS) is 7.27. The summed E-state index contributed by atoms with van der Waals surface area (Å²) in [5.41, 5.74) is 4.04. The van der Waals surface area contributed by atoms with Gasteiger partial charge in [0.15, 0.2) is 0 Å². The third-order valence-corrected chi connectivity index (χ3v) is 0.696. The van der Waals surface area contributed by atoms with Gasteiger partial charge in [0.1, 0.15) is 5.78 Å². The fourth-order valence-electron chi connectivity index (χ4n) is 0.575. The zero-order valence-electron chi connectivity index (χ0n) is 6.97. The van der Waals surface area contributed by atoms with Crippen LogP contribution in [0.5, 0.6) is 0 Å². The Morgan fingerprint density at radius 2 is 1.82 bits per heavy atom. The van der Waals surface area contributed by atoms with E-state index in [1.54, 1.807) is 6.92 Å². The molecule has 0 radical (unpaired) electrons. The number of hydrogen-bond acceptors (Lipinski definition) is 2. The SMILES string of the molecule is CC(=O)CC(C)C.N[C-]=O.[Fm]. The van der Waals surface area contributed by atoms with Crippen LogP contribution in [0.25, 0.3) is 0 Å². The zero-order chi connectivity index (χ0) is 8.57. The van der Waals surface area contributed by atoms with E-state index >= 15 is 0 Å². The number of ketones is 1. The Labute approximate surface area is 61.6 Å². The number of amides is 1. The molecular weight excluding hydrogens is 387 g/mol. The minimum Gasteiger partial charge on any atom is -0.543 e. The molecule has 0 unspecified atom stereocenters. The van der Waals surface area contributed by atoms with Crippen molar-refractivity contribution in [3.63, 3.8) is 0 Å². The number of carbonyl (C=O) groups excluding carboxylic acids is 2. The minimum absolute atomic E-state index is 0. The van der Waals surface area contributed by atoms with Gasteiger partial charge in [-0.2, -0.15) is 6.41 Å². The Balaban J connectivity index is -0.000000140. The van der Waals surface area contributed by atoms with E-state index in [2.05, 4.69) is 5.73 Å². The molecule has 0 saturated carbocycles. The minimum atomic E-state index is 0. The van der Waals surface area contributed by atoms with E-state index < -0.39 is 0 Å². The second-order valence-electron chi connectivity index (χ2n) is 2.42. The molecule has 0 spiro atoms. The van der Waals surface area contributed by atoms with Crippen molar-refractivity contribution in [3.8, 4) is 0 Å². The molecule has 0 atom stereocenters. The predicted octanol–water partition coefficient (Wildman–Crippen LogP) is 0.634. The van der Waals surface area contributed by atoms with Gasteiger partial charge >= 0.3 is 0 Å². The maximum absolute atomic E-state index is 10.3. The number of hydrogen-bond donors (Lipinski definition) is 1. The molecule has 0 rings (SSSR count). The molecular formula is C7H14FmNO2-. The smallest absolute Gasteiger partial charge is 0.130 e. The Hall–Kier alpha value is -1.86. The van der Waals surface area contributed by atoms with E-state index in [-0.39, 0.29) is 5.78 Å². The Bertz CT molecular complexity index is 105. The molecule has 0 aromatic rings. The Morgan fingerprint density at radius 1 is 1.55 bits per heavy atom. The summed E-state index contributed by atoms with van der Waals surface area (Å²) in [7, 11) is 0. The Kier molecular flexibility index (Phi) is 16.1. The summed E-state index contributed by atoms with van der Waals surface area (Å²) in [6, 6.07) is 0. The molecule has 1 amide bonds. The Morgan fingerprint density at radius 3 is 1.82 bits per heavy atom. The summed E-state index contributed by atoms with van der Waals surface area (Å²) in [6.45, 7) is 5.71. The maximum Gasteiger partial charge on any atom is 0.130 e. The number of Topliss-reactive ketones (excluding diaryl/α,β-unsaturated/α-hetero) is 1. The van der Waals surface area contributed by atoms with Crippen molar-refractivity contribution in [3.05, 3.63) is 0 Å². The largest absolute Gasteiger partial charge is 0.543 e. The van der Waals surface area contributed by atoms with E-state index in [4.69, 9.17) is 4.79 Å². The quantitative estimate of drug-likeness (QED) is 0.546. The molecule has 0 saturated heterocycles. The first-order valence-electron chi connectivity index (χ1n) is 3.11. The van der Waals surface area contributed by atoms with Gasteiger partial charge in [0, 0.05) is 6.42 Å². The van der Waals surface area contributed by atoms with Gasteiger partial charge in [-0.3, -0.25) is 0 Å². The van der Waals surface area contributed by atoms with E-state index in [0.29, 0.717) is 5.92 Å². The average molecular weight is 401 g/mol. The van der Waals surface area contributed by atoms with Gasteiger partial charge in [-0.15, -0.1) is 0 Å². The summed E-state index contributed by atoms with van der Waals surface area (Å²) in [4.78, 5) is 18.7. The second-order valence-corrected chi connectivity index (χ2v) is 2.42. The van der Waals surface area contributed by atoms with Crippen LogP contribution in [0.4, 0.5) is 0 Å². The van der Waals surface area contributed by atoms with Crippen LogP contribution in [0.1, 0.15) is 27.2 Å². The summed E-state index contributed by atoms with van der Waals surface area (Å²) in [5.74, 6) is 0.813. The molecule has 0 aromatic heterocycles. The van der Waals surface area contributed by atoms with Gasteiger partial charge < -0.3 is 15.3 Å². The fourth-order valence-corrected chi connectivity index (χ4v) is 0.575. The van der Waals surface area contributed by atoms with E-state index in [1.807, 2.05) is 13.8 Å². The first-order chi connectivity index (χ1) is 4.54. The van der Waals surface area contributed by atoms with Crippen LogP contribution in [-0.2, 0) is 9.59 Å². The van der Waals surface area contributed by atoms with Crippen molar-refractivity contribution < 1.29 is 9.59 Å². The van der Waals surface area contributed by atoms with Crippen LogP contribution < -0.4 is 5.73 Å². The van der Waals surface area contributed by atoms with Gasteiger partial charge in [-0.1, -0.05) is 13.8 Å². The monoisotopic (exact) mass is 401 g/mol. The molecule has 3 nitrogen and oxygen atoms in total. The van der Waals surface area contributed by atoms with Crippen molar-refractivity contribution in [2.45, 2.75) is 27.2 Å². The third-order valence-electron chi connectivity index (χ3n) is 0.696. The maximum atomic E-state index is 10.3. The van der Waals surface area contributed by atoms with Crippen molar-refractivity contribution in [1.82, 2.24) is 0 Å². The van der Waals surface area contributed by atoms with Gasteiger partial charge in [-0.05, 0) is 12.8 Å². The molecule has 0 aliphatic rings. The van der Waals surface area contributed by atoms with Gasteiger partial charge in [0.2, 0.25) is 0 Å². The van der Waals surface area contributed by atoms with E-state index in [9.17, 15) is 4.79 Å². The summed E-state index contributed by atoms with van der Waals surface area (Å²) >= 11 is 0. The molecule has 2 N–H and O–H groups in total. The molecule has 0 aliphatic heterocycles. The summed E-state index contributed by atoms with van der Waals surface area (Å²) < 4.78 is 0. The molecule has 0 heterocycles. The van der Waals surface area contributed by atoms with E-state index in [1.165, 1.54) is 0 Å². The van der Waals surface area contributed by atoms with Crippen LogP contribution in [0.15, 0.2) is 0 Å². The van der Waals surface area contributed by atoms with Crippen molar-refractivity contribution in [2.24, 2.45) is 11.7 Å². The fraction of sp³-hybridized carbons (Fsp3) is 0.714.